The van der Waals surface area contributed by atoms with Crippen LogP contribution in [0.1, 0.15) is 181 Å². The van der Waals surface area contributed by atoms with Gasteiger partial charge in [0.05, 0.1) is 6.61 Å². The molecular weight excluding hydrogens is 528 g/mol. The fourth-order valence-electron chi connectivity index (χ4n) is 6.05. The normalized spacial score (nSPS) is 22.6. The van der Waals surface area contributed by atoms with Crippen LogP contribution in [0, 0.1) is 0 Å². The molecule has 0 aromatic carbocycles. The van der Waals surface area contributed by atoms with Crippen LogP contribution in [0.3, 0.4) is 0 Å². The predicted octanol–water partition coefficient (Wildman–Crippen LogP) is 9.01. The second-order valence-electron chi connectivity index (χ2n) is 12.9. The summed E-state index contributed by atoms with van der Waals surface area (Å²) < 4.78 is 17.5. The fraction of sp³-hybridized carbons (Fsp3) is 1.00. The molecule has 6 heteroatoms. The maximum atomic E-state index is 10.8. The van der Waals surface area contributed by atoms with E-state index in [9.17, 15) is 15.3 Å². The van der Waals surface area contributed by atoms with Crippen molar-refractivity contribution in [2.75, 3.05) is 19.8 Å². The van der Waals surface area contributed by atoms with Crippen LogP contribution in [-0.4, -0.2) is 65.8 Å². The molecule has 1 rings (SSSR count). The highest BCUT2D eigenvalue weighted by Crippen LogP contribution is 2.25. The van der Waals surface area contributed by atoms with Gasteiger partial charge in [0.15, 0.2) is 6.29 Å². The number of ether oxygens (including phenoxy) is 3. The molecule has 6 nitrogen and oxygen atoms in total. The quantitative estimate of drug-likeness (QED) is 0.0688. The molecule has 0 spiro atoms. The Morgan fingerprint density at radius 1 is 0.452 bits per heavy atom. The van der Waals surface area contributed by atoms with E-state index in [1.807, 2.05) is 0 Å². The van der Waals surface area contributed by atoms with Gasteiger partial charge in [-0.25, -0.2) is 0 Å². The van der Waals surface area contributed by atoms with Gasteiger partial charge in [-0.1, -0.05) is 168 Å². The molecule has 1 saturated heterocycles. The molecule has 252 valence electrons. The highest BCUT2D eigenvalue weighted by molar-refractivity contribution is 4.90. The van der Waals surface area contributed by atoms with E-state index in [1.54, 1.807) is 0 Å². The van der Waals surface area contributed by atoms with E-state index in [-0.39, 0.29) is 6.61 Å². The molecular formula is C36H72O6. The topological polar surface area (TPSA) is 88.4 Å². The van der Waals surface area contributed by atoms with Crippen LogP contribution in [0.5, 0.6) is 0 Å². The number of aliphatic hydroxyl groups is 3. The average molecular weight is 601 g/mol. The van der Waals surface area contributed by atoms with Gasteiger partial charge in [-0.2, -0.15) is 0 Å². The smallest absolute Gasteiger partial charge is 0.186 e. The van der Waals surface area contributed by atoms with Gasteiger partial charge >= 0.3 is 0 Å². The van der Waals surface area contributed by atoms with Crippen molar-refractivity contribution in [2.24, 2.45) is 0 Å². The predicted molar refractivity (Wildman–Crippen MR) is 175 cm³/mol. The van der Waals surface area contributed by atoms with Crippen LogP contribution < -0.4 is 0 Å². The summed E-state index contributed by atoms with van der Waals surface area (Å²) in [7, 11) is 0. The van der Waals surface area contributed by atoms with Gasteiger partial charge in [-0.05, 0) is 12.8 Å². The third-order valence-corrected chi connectivity index (χ3v) is 8.91. The first-order valence-corrected chi connectivity index (χ1v) is 18.5. The highest BCUT2D eigenvalue weighted by Gasteiger charge is 2.45. The summed E-state index contributed by atoms with van der Waals surface area (Å²) in [6.45, 7) is 5.19. The lowest BCUT2D eigenvalue weighted by molar-refractivity contribution is -0.307. The Balaban J connectivity index is 2.07. The molecule has 42 heavy (non-hydrogen) atoms. The molecule has 0 amide bonds. The summed E-state index contributed by atoms with van der Waals surface area (Å²) in [6.07, 6.45) is 28.9. The van der Waals surface area contributed by atoms with Crippen LogP contribution >= 0.6 is 0 Å². The van der Waals surface area contributed by atoms with Crippen LogP contribution in [0.25, 0.3) is 0 Å². The second-order valence-corrected chi connectivity index (χ2v) is 12.9. The largest absolute Gasteiger partial charge is 0.394 e. The molecule has 0 unspecified atom stereocenters. The lowest BCUT2D eigenvalue weighted by atomic mass is 9.99. The van der Waals surface area contributed by atoms with E-state index in [4.69, 9.17) is 14.2 Å². The maximum Gasteiger partial charge on any atom is 0.186 e. The minimum atomic E-state index is -1.07. The Labute approximate surface area is 260 Å². The van der Waals surface area contributed by atoms with Crippen molar-refractivity contribution < 1.29 is 29.5 Å². The first-order chi connectivity index (χ1) is 20.7. The minimum absolute atomic E-state index is 0.328. The van der Waals surface area contributed by atoms with Gasteiger partial charge in [0.1, 0.15) is 24.4 Å². The lowest BCUT2D eigenvalue weighted by Crippen LogP contribution is -2.60. The third-order valence-electron chi connectivity index (χ3n) is 8.91. The van der Waals surface area contributed by atoms with Crippen LogP contribution in [-0.2, 0) is 14.2 Å². The number of aliphatic hydroxyl groups excluding tert-OH is 3. The molecule has 1 aliphatic heterocycles. The van der Waals surface area contributed by atoms with Crippen molar-refractivity contribution in [3.8, 4) is 0 Å². The van der Waals surface area contributed by atoms with E-state index >= 15 is 0 Å². The van der Waals surface area contributed by atoms with Gasteiger partial charge < -0.3 is 29.5 Å². The van der Waals surface area contributed by atoms with E-state index in [2.05, 4.69) is 13.8 Å². The second kappa shape index (κ2) is 29.5. The molecule has 5 atom stereocenters. The zero-order chi connectivity index (χ0) is 30.5. The van der Waals surface area contributed by atoms with E-state index in [0.29, 0.717) is 13.2 Å². The summed E-state index contributed by atoms with van der Waals surface area (Å²) in [5, 5.41) is 31.1. The number of rotatable bonds is 31. The van der Waals surface area contributed by atoms with E-state index in [1.165, 1.54) is 141 Å². The lowest BCUT2D eigenvalue weighted by Gasteiger charge is -2.41. The number of unbranched alkanes of at least 4 members (excludes halogenated alkanes) is 24. The molecule has 0 bridgehead atoms. The Hall–Kier alpha value is -0.240. The molecule has 0 saturated carbocycles. The summed E-state index contributed by atoms with van der Waals surface area (Å²) in [4.78, 5) is 0. The van der Waals surface area contributed by atoms with E-state index < -0.39 is 30.7 Å². The molecule has 0 radical (unpaired) electrons. The fourth-order valence-corrected chi connectivity index (χ4v) is 6.05. The summed E-state index contributed by atoms with van der Waals surface area (Å²) >= 11 is 0. The molecule has 1 fully saturated rings. The van der Waals surface area contributed by atoms with Crippen molar-refractivity contribution in [2.45, 2.75) is 211 Å². The molecule has 0 aromatic rings. The average Bonchev–Trinajstić information content (AvgIpc) is 2.99. The van der Waals surface area contributed by atoms with Crippen molar-refractivity contribution in [3.05, 3.63) is 0 Å². The zero-order valence-corrected chi connectivity index (χ0v) is 28.0. The van der Waals surface area contributed by atoms with Gasteiger partial charge in [-0.15, -0.1) is 0 Å². The summed E-state index contributed by atoms with van der Waals surface area (Å²) in [6, 6.07) is 0. The number of hydrogen-bond acceptors (Lipinski definition) is 6. The van der Waals surface area contributed by atoms with Crippen LogP contribution in [0.2, 0.25) is 0 Å². The Morgan fingerprint density at radius 3 is 1.14 bits per heavy atom. The van der Waals surface area contributed by atoms with Crippen LogP contribution in [0.4, 0.5) is 0 Å². The van der Waals surface area contributed by atoms with Crippen LogP contribution in [0.15, 0.2) is 0 Å². The molecule has 0 aliphatic carbocycles. The monoisotopic (exact) mass is 601 g/mol. The summed E-state index contributed by atoms with van der Waals surface area (Å²) in [5.41, 5.74) is 0. The Kier molecular flexibility index (Phi) is 27.9. The standard InChI is InChI=1S/C36H72O6/c1-3-5-7-9-11-13-15-17-18-20-22-24-26-28-30-41-36-34(39)35(33(38)32(31-37)42-36)40-29-27-25-23-21-19-16-14-12-10-8-6-4-2/h32-39H,3-31H2,1-2H3/t32-,33+,34-,35+,36+/m1/s1. The van der Waals surface area contributed by atoms with Gasteiger partial charge in [0, 0.05) is 13.2 Å². The first-order valence-electron chi connectivity index (χ1n) is 18.5. The van der Waals surface area contributed by atoms with Crippen molar-refractivity contribution in [3.63, 3.8) is 0 Å². The Bertz CT molecular complexity index is 547. The maximum absolute atomic E-state index is 10.8. The first kappa shape index (κ1) is 39.8. The molecule has 1 aliphatic rings. The molecule has 1 heterocycles. The molecule has 3 N–H and O–H groups in total. The number of hydrogen-bond donors (Lipinski definition) is 3. The SMILES string of the molecule is CCCCCCCCCCCCCCCCO[C@H]1O[C@H](CO)[C@H](O)[C@H](OCCCCCCCCCCCCCC)[C@H]1O. The Morgan fingerprint density at radius 2 is 0.786 bits per heavy atom. The zero-order valence-electron chi connectivity index (χ0n) is 28.0. The van der Waals surface area contributed by atoms with Gasteiger partial charge in [0.2, 0.25) is 0 Å². The minimum Gasteiger partial charge on any atom is -0.394 e. The van der Waals surface area contributed by atoms with Crippen molar-refractivity contribution in [1.82, 2.24) is 0 Å². The van der Waals surface area contributed by atoms with Crippen molar-refractivity contribution in [1.29, 1.82) is 0 Å². The van der Waals surface area contributed by atoms with E-state index in [0.717, 1.165) is 25.7 Å². The van der Waals surface area contributed by atoms with Gasteiger partial charge in [0.25, 0.3) is 0 Å². The highest BCUT2D eigenvalue weighted by atomic mass is 16.7. The summed E-state index contributed by atoms with van der Waals surface area (Å²) in [5.74, 6) is 0. The van der Waals surface area contributed by atoms with Crippen molar-refractivity contribution >= 4 is 0 Å². The van der Waals surface area contributed by atoms with Gasteiger partial charge in [-0.3, -0.25) is 0 Å². The third kappa shape index (κ3) is 20.7. The molecule has 0 aromatic heterocycles.